The third-order valence-corrected chi connectivity index (χ3v) is 2.76. The Morgan fingerprint density at radius 2 is 1.54 bits per heavy atom. The monoisotopic (exact) mass is 184 g/mol. The highest BCUT2D eigenvalue weighted by atomic mass is 15.0. The van der Waals surface area contributed by atoms with Crippen LogP contribution in [0.3, 0.4) is 0 Å². The van der Waals surface area contributed by atoms with Crippen LogP contribution in [-0.4, -0.2) is 24.7 Å². The quantitative estimate of drug-likeness (QED) is 0.685. The minimum Gasteiger partial charge on any atom is -0.315 e. The largest absolute Gasteiger partial charge is 0.315 e. The van der Waals surface area contributed by atoms with Gasteiger partial charge in [-0.2, -0.15) is 0 Å². The third kappa shape index (κ3) is 3.65. The predicted octanol–water partition coefficient (Wildman–Crippen LogP) is 1.91. The van der Waals surface area contributed by atoms with Gasteiger partial charge in [0.1, 0.15) is 0 Å². The Balaban J connectivity index is 2.45. The summed E-state index contributed by atoms with van der Waals surface area (Å²) in [5.74, 6) is 0. The van der Waals surface area contributed by atoms with Crippen molar-refractivity contribution >= 4 is 0 Å². The van der Waals surface area contributed by atoms with Crippen molar-refractivity contribution in [3.05, 3.63) is 0 Å². The van der Waals surface area contributed by atoms with Gasteiger partial charge in [-0.3, -0.25) is 0 Å². The van der Waals surface area contributed by atoms with Crippen molar-refractivity contribution in [3.8, 4) is 0 Å². The molecule has 13 heavy (non-hydrogen) atoms. The van der Waals surface area contributed by atoms with Crippen LogP contribution in [0.25, 0.3) is 0 Å². The first-order chi connectivity index (χ1) is 6.03. The van der Waals surface area contributed by atoms with Gasteiger partial charge in [-0.15, -0.1) is 0 Å². The van der Waals surface area contributed by atoms with Gasteiger partial charge >= 0.3 is 0 Å². The summed E-state index contributed by atoms with van der Waals surface area (Å²) in [6, 6.07) is 1.34. The van der Waals surface area contributed by atoms with Crippen LogP contribution in [0.2, 0.25) is 0 Å². The van der Waals surface area contributed by atoms with E-state index in [9.17, 15) is 0 Å². The Morgan fingerprint density at radius 1 is 1.00 bits per heavy atom. The van der Waals surface area contributed by atoms with E-state index in [0.717, 1.165) is 0 Å². The van der Waals surface area contributed by atoms with Crippen LogP contribution < -0.4 is 10.6 Å². The zero-order chi connectivity index (χ0) is 9.90. The molecule has 2 heteroatoms. The van der Waals surface area contributed by atoms with E-state index in [-0.39, 0.29) is 5.54 Å². The maximum absolute atomic E-state index is 3.70. The molecule has 0 saturated heterocycles. The second kappa shape index (κ2) is 4.43. The summed E-state index contributed by atoms with van der Waals surface area (Å²) < 4.78 is 0. The summed E-state index contributed by atoms with van der Waals surface area (Å²) in [6.07, 6.45) is 5.41. The number of rotatable bonds is 2. The van der Waals surface area contributed by atoms with Crippen LogP contribution in [-0.2, 0) is 0 Å². The van der Waals surface area contributed by atoms with E-state index in [1.54, 1.807) is 0 Å². The number of likely N-dealkylation sites (N-methyl/N-ethyl adjacent to an activating group) is 1. The molecule has 0 unspecified atom stereocenters. The molecule has 1 aliphatic rings. The van der Waals surface area contributed by atoms with Gasteiger partial charge in [0, 0.05) is 17.6 Å². The zero-order valence-corrected chi connectivity index (χ0v) is 9.48. The highest BCUT2D eigenvalue weighted by Crippen LogP contribution is 2.20. The molecular formula is C11H24N2. The number of nitrogens with one attached hydrogen (secondary N) is 2. The zero-order valence-electron chi connectivity index (χ0n) is 9.48. The highest BCUT2D eigenvalue weighted by Gasteiger charge is 2.26. The van der Waals surface area contributed by atoms with E-state index in [1.807, 2.05) is 0 Å². The summed E-state index contributed by atoms with van der Waals surface area (Å²) >= 11 is 0. The van der Waals surface area contributed by atoms with E-state index in [1.165, 1.54) is 25.7 Å². The predicted molar refractivity (Wildman–Crippen MR) is 58.0 cm³/mol. The molecule has 0 heterocycles. The Bertz CT molecular complexity index is 149. The first-order valence-corrected chi connectivity index (χ1v) is 5.48. The van der Waals surface area contributed by atoms with Crippen LogP contribution in [0.1, 0.15) is 46.5 Å². The van der Waals surface area contributed by atoms with Gasteiger partial charge in [0.25, 0.3) is 0 Å². The average molecular weight is 184 g/mol. The summed E-state index contributed by atoms with van der Waals surface area (Å²) in [6.45, 7) is 6.73. The molecule has 1 fully saturated rings. The fourth-order valence-electron chi connectivity index (χ4n) is 2.21. The van der Waals surface area contributed by atoms with Gasteiger partial charge in [0.2, 0.25) is 0 Å². The standard InChI is InChI=1S/C11H24N2/c1-11(2,3)13-10-8-6-5-7-9(10)12-4/h9-10,12-13H,5-8H2,1-4H3/t9-,10-/m0/s1. The lowest BCUT2D eigenvalue weighted by Gasteiger charge is -2.37. The molecule has 0 amide bonds. The summed E-state index contributed by atoms with van der Waals surface area (Å²) in [7, 11) is 2.08. The van der Waals surface area contributed by atoms with E-state index in [0.29, 0.717) is 12.1 Å². The molecule has 1 rings (SSSR count). The third-order valence-electron chi connectivity index (χ3n) is 2.76. The lowest BCUT2D eigenvalue weighted by atomic mass is 9.88. The Kier molecular flexibility index (Phi) is 3.74. The SMILES string of the molecule is CN[C@H]1CCCC[C@@H]1NC(C)(C)C. The van der Waals surface area contributed by atoms with Gasteiger partial charge in [0.05, 0.1) is 0 Å². The fraction of sp³-hybridized carbons (Fsp3) is 1.00. The minimum atomic E-state index is 0.247. The van der Waals surface area contributed by atoms with Crippen LogP contribution in [0, 0.1) is 0 Å². The fourth-order valence-corrected chi connectivity index (χ4v) is 2.21. The molecule has 0 spiro atoms. The van der Waals surface area contributed by atoms with Crippen molar-refractivity contribution in [3.63, 3.8) is 0 Å². The molecule has 0 aliphatic heterocycles. The smallest absolute Gasteiger partial charge is 0.0225 e. The van der Waals surface area contributed by atoms with Crippen molar-refractivity contribution in [2.75, 3.05) is 7.05 Å². The molecule has 2 N–H and O–H groups in total. The topological polar surface area (TPSA) is 24.1 Å². The van der Waals surface area contributed by atoms with Crippen molar-refractivity contribution in [1.29, 1.82) is 0 Å². The van der Waals surface area contributed by atoms with Crippen molar-refractivity contribution in [2.45, 2.75) is 64.1 Å². The molecule has 2 atom stereocenters. The van der Waals surface area contributed by atoms with Crippen molar-refractivity contribution in [1.82, 2.24) is 10.6 Å². The summed E-state index contributed by atoms with van der Waals surface area (Å²) in [5, 5.41) is 7.11. The van der Waals surface area contributed by atoms with Crippen LogP contribution >= 0.6 is 0 Å². The average Bonchev–Trinajstić information content (AvgIpc) is 2.02. The van der Waals surface area contributed by atoms with Crippen molar-refractivity contribution < 1.29 is 0 Å². The normalized spacial score (nSPS) is 30.5. The van der Waals surface area contributed by atoms with Crippen LogP contribution in [0.5, 0.6) is 0 Å². The molecule has 1 aliphatic carbocycles. The first-order valence-electron chi connectivity index (χ1n) is 5.48. The van der Waals surface area contributed by atoms with Gasteiger partial charge in [-0.05, 0) is 40.7 Å². The Morgan fingerprint density at radius 3 is 2.00 bits per heavy atom. The lowest BCUT2D eigenvalue weighted by Crippen LogP contribution is -2.54. The Labute approximate surface area is 82.5 Å². The van der Waals surface area contributed by atoms with Gasteiger partial charge in [0.15, 0.2) is 0 Å². The molecule has 0 aromatic carbocycles. The molecule has 78 valence electrons. The van der Waals surface area contributed by atoms with Crippen LogP contribution in [0.15, 0.2) is 0 Å². The maximum atomic E-state index is 3.70. The second-order valence-corrected chi connectivity index (χ2v) is 5.18. The van der Waals surface area contributed by atoms with Crippen LogP contribution in [0.4, 0.5) is 0 Å². The number of hydrogen-bond acceptors (Lipinski definition) is 2. The number of hydrogen-bond donors (Lipinski definition) is 2. The molecule has 0 radical (unpaired) electrons. The molecule has 0 aromatic rings. The van der Waals surface area contributed by atoms with E-state index < -0.39 is 0 Å². The van der Waals surface area contributed by atoms with E-state index in [4.69, 9.17) is 0 Å². The summed E-state index contributed by atoms with van der Waals surface area (Å²) in [4.78, 5) is 0. The first kappa shape index (κ1) is 11.0. The summed E-state index contributed by atoms with van der Waals surface area (Å²) in [5.41, 5.74) is 0.247. The molecule has 2 nitrogen and oxygen atoms in total. The maximum Gasteiger partial charge on any atom is 0.0225 e. The van der Waals surface area contributed by atoms with Gasteiger partial charge in [-0.25, -0.2) is 0 Å². The van der Waals surface area contributed by atoms with Gasteiger partial charge in [-0.1, -0.05) is 12.8 Å². The van der Waals surface area contributed by atoms with E-state index >= 15 is 0 Å². The molecule has 0 bridgehead atoms. The Hall–Kier alpha value is -0.0800. The lowest BCUT2D eigenvalue weighted by molar-refractivity contribution is 0.245. The molecule has 0 aromatic heterocycles. The highest BCUT2D eigenvalue weighted by molar-refractivity contribution is 4.89. The van der Waals surface area contributed by atoms with E-state index in [2.05, 4.69) is 38.5 Å². The second-order valence-electron chi connectivity index (χ2n) is 5.18. The molecular weight excluding hydrogens is 160 g/mol. The van der Waals surface area contributed by atoms with Gasteiger partial charge < -0.3 is 10.6 Å². The van der Waals surface area contributed by atoms with Crippen molar-refractivity contribution in [2.24, 2.45) is 0 Å². The minimum absolute atomic E-state index is 0.247. The molecule has 1 saturated carbocycles.